The highest BCUT2D eigenvalue weighted by Crippen LogP contribution is 2.16. The predicted molar refractivity (Wildman–Crippen MR) is 78.1 cm³/mol. The van der Waals surface area contributed by atoms with E-state index in [1.165, 1.54) is 0 Å². The van der Waals surface area contributed by atoms with Crippen LogP contribution in [0.1, 0.15) is 42.2 Å². The van der Waals surface area contributed by atoms with Crippen molar-refractivity contribution >= 4 is 21.9 Å². The van der Waals surface area contributed by atoms with Gasteiger partial charge in [-0.25, -0.2) is 4.79 Å². The minimum Gasteiger partial charge on any atom is -0.492 e. The molecule has 0 N–H and O–H groups in total. The quantitative estimate of drug-likeness (QED) is 0.416. The Kier molecular flexibility index (Phi) is 7.48. The second-order valence-electron chi connectivity index (χ2n) is 4.12. The summed E-state index contributed by atoms with van der Waals surface area (Å²) in [4.78, 5) is 15.9. The van der Waals surface area contributed by atoms with Crippen LogP contribution in [0.2, 0.25) is 0 Å². The van der Waals surface area contributed by atoms with Gasteiger partial charge in [0.05, 0.1) is 30.7 Å². The summed E-state index contributed by atoms with van der Waals surface area (Å²) in [5.74, 6) is 0.268. The largest absolute Gasteiger partial charge is 0.492 e. The van der Waals surface area contributed by atoms with E-state index in [-0.39, 0.29) is 5.97 Å². The molecule has 4 nitrogen and oxygen atoms in total. The number of carbonyl (C=O) groups is 1. The Hall–Kier alpha value is -1.10. The Morgan fingerprint density at radius 2 is 2.16 bits per heavy atom. The predicted octanol–water partition coefficient (Wildman–Crippen LogP) is 3.51. The van der Waals surface area contributed by atoms with Gasteiger partial charge in [0.1, 0.15) is 5.75 Å². The molecule has 5 heteroatoms. The number of hydrogen-bond acceptors (Lipinski definition) is 4. The van der Waals surface area contributed by atoms with Gasteiger partial charge in [0.25, 0.3) is 0 Å². The van der Waals surface area contributed by atoms with Crippen molar-refractivity contribution < 1.29 is 14.3 Å². The molecule has 0 aliphatic heterocycles. The summed E-state index contributed by atoms with van der Waals surface area (Å²) < 4.78 is 10.6. The first-order valence-corrected chi connectivity index (χ1v) is 7.63. The average Bonchev–Trinajstić information content (AvgIpc) is 2.40. The Bertz CT molecular complexity index is 410. The van der Waals surface area contributed by atoms with Crippen LogP contribution in [0.4, 0.5) is 0 Å². The topological polar surface area (TPSA) is 48.4 Å². The summed E-state index contributed by atoms with van der Waals surface area (Å²) in [6.45, 7) is 4.56. The summed E-state index contributed by atoms with van der Waals surface area (Å²) >= 11 is 3.39. The van der Waals surface area contributed by atoms with Gasteiger partial charge in [-0.2, -0.15) is 0 Å². The lowest BCUT2D eigenvalue weighted by Crippen LogP contribution is -2.08. The fraction of sp³-hybridized carbons (Fsp3) is 0.571. The van der Waals surface area contributed by atoms with Gasteiger partial charge in [0.2, 0.25) is 0 Å². The molecule has 1 aromatic rings. The fourth-order valence-corrected chi connectivity index (χ4v) is 1.97. The van der Waals surface area contributed by atoms with E-state index in [4.69, 9.17) is 9.47 Å². The minimum atomic E-state index is -0.350. The van der Waals surface area contributed by atoms with Crippen LogP contribution in [0.15, 0.2) is 12.3 Å². The van der Waals surface area contributed by atoms with E-state index in [0.717, 1.165) is 24.6 Å². The van der Waals surface area contributed by atoms with Crippen LogP contribution >= 0.6 is 15.9 Å². The fourth-order valence-electron chi connectivity index (χ4n) is 1.57. The highest BCUT2D eigenvalue weighted by Gasteiger charge is 2.12. The van der Waals surface area contributed by atoms with Gasteiger partial charge in [0.15, 0.2) is 0 Å². The maximum atomic E-state index is 11.7. The van der Waals surface area contributed by atoms with Crippen LogP contribution in [0.5, 0.6) is 5.75 Å². The molecule has 1 heterocycles. The van der Waals surface area contributed by atoms with Gasteiger partial charge < -0.3 is 9.47 Å². The number of ether oxygens (including phenoxy) is 2. The molecule has 0 spiro atoms. The summed E-state index contributed by atoms with van der Waals surface area (Å²) in [7, 11) is 0. The van der Waals surface area contributed by atoms with Gasteiger partial charge >= 0.3 is 5.97 Å². The second kappa shape index (κ2) is 8.91. The average molecular weight is 330 g/mol. The van der Waals surface area contributed by atoms with Crippen molar-refractivity contribution in [1.29, 1.82) is 0 Å². The summed E-state index contributed by atoms with van der Waals surface area (Å²) in [6, 6.07) is 1.70. The maximum Gasteiger partial charge on any atom is 0.340 e. The molecule has 0 unspecified atom stereocenters. The third kappa shape index (κ3) is 5.59. The minimum absolute atomic E-state index is 0.350. The second-order valence-corrected chi connectivity index (χ2v) is 4.92. The highest BCUT2D eigenvalue weighted by molar-refractivity contribution is 9.09. The van der Waals surface area contributed by atoms with Gasteiger partial charge in [-0.1, -0.05) is 15.9 Å². The maximum absolute atomic E-state index is 11.7. The molecular formula is C14H20BrNO3. The van der Waals surface area contributed by atoms with E-state index in [9.17, 15) is 4.79 Å². The number of hydrogen-bond donors (Lipinski definition) is 0. The molecule has 0 radical (unpaired) electrons. The first-order chi connectivity index (χ1) is 9.19. The molecule has 0 saturated carbocycles. The molecule has 0 saturated heterocycles. The van der Waals surface area contributed by atoms with Crippen molar-refractivity contribution in [2.45, 2.75) is 33.1 Å². The van der Waals surface area contributed by atoms with Crippen molar-refractivity contribution in [3.63, 3.8) is 0 Å². The number of halogens is 1. The summed E-state index contributed by atoms with van der Waals surface area (Å²) in [5, 5.41) is 1.02. The van der Waals surface area contributed by atoms with Gasteiger partial charge in [-0.3, -0.25) is 4.98 Å². The summed E-state index contributed by atoms with van der Waals surface area (Å²) in [6.07, 6.45) is 4.90. The molecule has 0 aromatic carbocycles. The van der Waals surface area contributed by atoms with Crippen LogP contribution < -0.4 is 4.74 Å². The van der Waals surface area contributed by atoms with E-state index < -0.39 is 0 Å². The van der Waals surface area contributed by atoms with Gasteiger partial charge in [-0.05, 0) is 39.2 Å². The zero-order chi connectivity index (χ0) is 14.1. The standard InChI is InChI=1S/C14H20BrNO3/c1-3-18-14(17)13-9-12(10-16-11(13)2)19-8-6-4-5-7-15/h9-10H,3-8H2,1-2H3. The zero-order valence-electron chi connectivity index (χ0n) is 11.4. The van der Waals surface area contributed by atoms with Gasteiger partial charge in [0, 0.05) is 5.33 Å². The lowest BCUT2D eigenvalue weighted by molar-refractivity contribution is 0.0524. The van der Waals surface area contributed by atoms with E-state index in [1.807, 2.05) is 0 Å². The molecule has 0 aliphatic carbocycles. The number of pyridine rings is 1. The molecule has 19 heavy (non-hydrogen) atoms. The molecule has 0 aliphatic rings. The zero-order valence-corrected chi connectivity index (χ0v) is 13.0. The van der Waals surface area contributed by atoms with Crippen molar-refractivity contribution in [2.75, 3.05) is 18.5 Å². The normalized spacial score (nSPS) is 10.3. The highest BCUT2D eigenvalue weighted by atomic mass is 79.9. The molecule has 0 amide bonds. The van der Waals surface area contributed by atoms with E-state index in [2.05, 4.69) is 20.9 Å². The van der Waals surface area contributed by atoms with E-state index >= 15 is 0 Å². The number of esters is 1. The van der Waals surface area contributed by atoms with Crippen molar-refractivity contribution in [3.8, 4) is 5.75 Å². The Morgan fingerprint density at radius 1 is 1.37 bits per heavy atom. The van der Waals surface area contributed by atoms with Crippen molar-refractivity contribution in [2.24, 2.45) is 0 Å². The molecule has 1 aromatic heterocycles. The number of aryl methyl sites for hydroxylation is 1. The van der Waals surface area contributed by atoms with Crippen LogP contribution in [0.25, 0.3) is 0 Å². The monoisotopic (exact) mass is 329 g/mol. The SMILES string of the molecule is CCOC(=O)c1cc(OCCCCCBr)cnc1C. The van der Waals surface area contributed by atoms with Crippen molar-refractivity contribution in [3.05, 3.63) is 23.5 Å². The lowest BCUT2D eigenvalue weighted by Gasteiger charge is -2.09. The van der Waals surface area contributed by atoms with Crippen LogP contribution in [0, 0.1) is 6.92 Å². The number of carbonyl (C=O) groups excluding carboxylic acids is 1. The van der Waals surface area contributed by atoms with Gasteiger partial charge in [-0.15, -0.1) is 0 Å². The number of unbranched alkanes of at least 4 members (excludes halogenated alkanes) is 2. The summed E-state index contributed by atoms with van der Waals surface area (Å²) in [5.41, 5.74) is 1.13. The molecule has 0 fully saturated rings. The van der Waals surface area contributed by atoms with E-state index in [1.54, 1.807) is 26.1 Å². The molecule has 1 rings (SSSR count). The number of alkyl halides is 1. The smallest absolute Gasteiger partial charge is 0.340 e. The molecule has 106 valence electrons. The number of nitrogens with zero attached hydrogens (tertiary/aromatic N) is 1. The number of rotatable bonds is 8. The van der Waals surface area contributed by atoms with Crippen LogP contribution in [0.3, 0.4) is 0 Å². The Morgan fingerprint density at radius 3 is 2.84 bits per heavy atom. The molecule has 0 bridgehead atoms. The molecule has 0 atom stereocenters. The Labute approximate surface area is 122 Å². The Balaban J connectivity index is 2.55. The first kappa shape index (κ1) is 16.0. The van der Waals surface area contributed by atoms with Crippen LogP contribution in [-0.2, 0) is 4.74 Å². The van der Waals surface area contributed by atoms with Crippen LogP contribution in [-0.4, -0.2) is 29.5 Å². The lowest BCUT2D eigenvalue weighted by atomic mass is 10.2. The first-order valence-electron chi connectivity index (χ1n) is 6.51. The van der Waals surface area contributed by atoms with Crippen molar-refractivity contribution in [1.82, 2.24) is 4.98 Å². The molecular weight excluding hydrogens is 310 g/mol. The third-order valence-electron chi connectivity index (χ3n) is 2.60. The number of aromatic nitrogens is 1. The third-order valence-corrected chi connectivity index (χ3v) is 3.16. The van der Waals surface area contributed by atoms with E-state index in [0.29, 0.717) is 30.2 Å².